The Morgan fingerprint density at radius 3 is 1.12 bits per heavy atom. The van der Waals surface area contributed by atoms with E-state index < -0.39 is 180 Å². The van der Waals surface area contributed by atoms with Crippen LogP contribution in [-0.2, 0) is 42.7 Å². The molecule has 0 radical (unpaired) electrons. The second-order valence-corrected chi connectivity index (χ2v) is 13.7. The van der Waals surface area contributed by atoms with E-state index in [0.29, 0.717) is 0 Å². The van der Waals surface area contributed by atoms with Crippen LogP contribution in [-0.4, -0.2) is 273 Å². The van der Waals surface area contributed by atoms with Gasteiger partial charge in [-0.25, -0.2) is 0 Å². The standard InChI is InChI=1S/C30H52O26/c31-1-7(34)13(36)26(8(35)2-32)56-30-25(48)21(44)17(40)12(55-30)6-51-29-24(47)20(43)16(39)11(54-29)5-50-28-23(46)19(42)15(38)10(53-28)4-49-27-22(45)18(41)14(37)9(3-33)52-27/h2,7-31,33-48H,1,3-6H2/t7-,8-,9+,10+,11+,12+,13-,14+,15+,16+,17+,18-,19-,20-,21-,22-,23-,24-,25-,26-,27-,28-,29-,30+/m1/s1. The van der Waals surface area contributed by atoms with Gasteiger partial charge in [0.15, 0.2) is 31.4 Å². The van der Waals surface area contributed by atoms with Gasteiger partial charge in [0.25, 0.3) is 0 Å². The minimum Gasteiger partial charge on any atom is -0.394 e. The number of aliphatic hydroxyl groups excluding tert-OH is 17. The number of rotatable bonds is 17. The van der Waals surface area contributed by atoms with E-state index in [1.807, 2.05) is 0 Å². The maximum Gasteiger partial charge on any atom is 0.187 e. The monoisotopic (exact) mass is 828 g/mol. The lowest BCUT2D eigenvalue weighted by molar-refractivity contribution is -0.351. The molecule has 24 atom stereocenters. The maximum atomic E-state index is 11.2. The Kier molecular flexibility index (Phi) is 17.6. The molecular weight excluding hydrogens is 776 g/mol. The van der Waals surface area contributed by atoms with E-state index in [0.717, 1.165) is 0 Å². The number of aldehydes is 1. The van der Waals surface area contributed by atoms with Crippen molar-refractivity contribution in [2.45, 2.75) is 147 Å². The van der Waals surface area contributed by atoms with Crippen LogP contribution < -0.4 is 0 Å². The predicted molar refractivity (Wildman–Crippen MR) is 168 cm³/mol. The lowest BCUT2D eigenvalue weighted by Gasteiger charge is -2.44. The van der Waals surface area contributed by atoms with E-state index in [1.165, 1.54) is 0 Å². The van der Waals surface area contributed by atoms with Crippen molar-refractivity contribution >= 4 is 6.29 Å². The van der Waals surface area contributed by atoms with E-state index in [9.17, 15) is 86.5 Å². The average Bonchev–Trinajstić information content (AvgIpc) is 3.19. The third-order valence-electron chi connectivity index (χ3n) is 9.81. The molecule has 0 unspecified atom stereocenters. The van der Waals surface area contributed by atoms with Crippen LogP contribution in [0, 0.1) is 0 Å². The lowest BCUT2D eigenvalue weighted by atomic mass is 9.97. The summed E-state index contributed by atoms with van der Waals surface area (Å²) in [6.07, 6.45) is -44.9. The predicted octanol–water partition coefficient (Wildman–Crippen LogP) is -12.1. The Bertz CT molecular complexity index is 1190. The van der Waals surface area contributed by atoms with Crippen molar-refractivity contribution in [1.82, 2.24) is 0 Å². The molecule has 0 aliphatic carbocycles. The molecule has 4 aliphatic heterocycles. The van der Waals surface area contributed by atoms with Gasteiger partial charge in [-0.05, 0) is 0 Å². The Morgan fingerprint density at radius 2 is 0.786 bits per heavy atom. The molecular formula is C30H52O26. The molecule has 4 saturated heterocycles. The molecule has 328 valence electrons. The minimum atomic E-state index is -2.15. The molecule has 17 N–H and O–H groups in total. The highest BCUT2D eigenvalue weighted by Gasteiger charge is 2.51. The van der Waals surface area contributed by atoms with E-state index in [1.54, 1.807) is 0 Å². The molecule has 4 heterocycles. The van der Waals surface area contributed by atoms with Crippen LogP contribution in [0.25, 0.3) is 0 Å². The molecule has 26 nitrogen and oxygen atoms in total. The van der Waals surface area contributed by atoms with E-state index in [2.05, 4.69) is 0 Å². The molecule has 0 aromatic carbocycles. The molecule has 0 bridgehead atoms. The van der Waals surface area contributed by atoms with Gasteiger partial charge >= 0.3 is 0 Å². The quantitative estimate of drug-likeness (QED) is 0.0605. The Balaban J connectivity index is 1.37. The molecule has 0 aromatic heterocycles. The van der Waals surface area contributed by atoms with Crippen LogP contribution in [0.15, 0.2) is 0 Å². The third-order valence-corrected chi connectivity index (χ3v) is 9.81. The summed E-state index contributed by atoms with van der Waals surface area (Å²) in [5, 5.41) is 173. The zero-order chi connectivity index (χ0) is 41.8. The average molecular weight is 829 g/mol. The van der Waals surface area contributed by atoms with Gasteiger partial charge in [-0.15, -0.1) is 0 Å². The molecule has 4 aliphatic rings. The SMILES string of the molecule is O=C[C@@H](O)[C@@H](O[C@@H]1O[C@@H](CO[C@@H]2O[C@@H](CO[C@@H]3O[C@@H](CO[C@@H]4O[C@@H](CO)[C@H](O)[C@@H](O)[C@H]4O)[C@H](O)[C@@H](O)[C@H]3O)[C@H](O)[C@@H](O)[C@H]2O)[C@H](O)[C@@H](O)[C@H]1O)[C@H](O)[C@H](O)CO. The first-order chi connectivity index (χ1) is 26.4. The Hall–Kier alpha value is -1.33. The first-order valence-electron chi connectivity index (χ1n) is 17.4. The smallest absolute Gasteiger partial charge is 0.187 e. The van der Waals surface area contributed by atoms with Crippen LogP contribution in [0.1, 0.15) is 0 Å². The lowest BCUT2D eigenvalue weighted by Crippen LogP contribution is -2.63. The number of ether oxygens (including phenoxy) is 8. The summed E-state index contributed by atoms with van der Waals surface area (Å²) in [5.74, 6) is 0. The zero-order valence-corrected chi connectivity index (χ0v) is 29.2. The molecule has 0 spiro atoms. The van der Waals surface area contributed by atoms with Crippen LogP contribution in [0.2, 0.25) is 0 Å². The van der Waals surface area contributed by atoms with Crippen molar-refractivity contribution in [2.24, 2.45) is 0 Å². The fraction of sp³-hybridized carbons (Fsp3) is 0.967. The summed E-state index contributed by atoms with van der Waals surface area (Å²) in [4.78, 5) is 11.2. The van der Waals surface area contributed by atoms with E-state index in [-0.39, 0.29) is 6.29 Å². The molecule has 56 heavy (non-hydrogen) atoms. The maximum absolute atomic E-state index is 11.2. The summed E-state index contributed by atoms with van der Waals surface area (Å²) in [5.41, 5.74) is 0. The zero-order valence-electron chi connectivity index (χ0n) is 29.2. The first kappa shape index (κ1) is 47.3. The van der Waals surface area contributed by atoms with Crippen molar-refractivity contribution < 1.29 is 130 Å². The van der Waals surface area contributed by atoms with Crippen LogP contribution in [0.3, 0.4) is 0 Å². The second-order valence-electron chi connectivity index (χ2n) is 13.7. The van der Waals surface area contributed by atoms with Crippen LogP contribution in [0.5, 0.6) is 0 Å². The van der Waals surface area contributed by atoms with Crippen LogP contribution in [0.4, 0.5) is 0 Å². The molecule has 4 fully saturated rings. The molecule has 0 saturated carbocycles. The fourth-order valence-corrected chi connectivity index (χ4v) is 6.25. The van der Waals surface area contributed by atoms with Crippen molar-refractivity contribution in [3.8, 4) is 0 Å². The van der Waals surface area contributed by atoms with Crippen molar-refractivity contribution in [3.63, 3.8) is 0 Å². The van der Waals surface area contributed by atoms with Crippen molar-refractivity contribution in [1.29, 1.82) is 0 Å². The molecule has 4 rings (SSSR count). The first-order valence-corrected chi connectivity index (χ1v) is 17.4. The van der Waals surface area contributed by atoms with Crippen molar-refractivity contribution in [3.05, 3.63) is 0 Å². The van der Waals surface area contributed by atoms with Gasteiger partial charge in [-0.3, -0.25) is 0 Å². The van der Waals surface area contributed by atoms with Gasteiger partial charge < -0.3 is 130 Å². The van der Waals surface area contributed by atoms with Gasteiger partial charge in [0.2, 0.25) is 0 Å². The third kappa shape index (κ3) is 10.5. The van der Waals surface area contributed by atoms with E-state index in [4.69, 9.17) is 43.0 Å². The van der Waals surface area contributed by atoms with Crippen molar-refractivity contribution in [2.75, 3.05) is 33.0 Å². The van der Waals surface area contributed by atoms with Gasteiger partial charge in [0.05, 0.1) is 33.0 Å². The van der Waals surface area contributed by atoms with Gasteiger partial charge in [-0.1, -0.05) is 0 Å². The summed E-state index contributed by atoms with van der Waals surface area (Å²) >= 11 is 0. The number of carbonyl (C=O) groups is 1. The highest BCUT2D eigenvalue weighted by molar-refractivity contribution is 5.56. The molecule has 0 amide bonds. The number of hydrogen-bond donors (Lipinski definition) is 17. The number of carbonyl (C=O) groups excluding carboxylic acids is 1. The largest absolute Gasteiger partial charge is 0.394 e. The highest BCUT2D eigenvalue weighted by atomic mass is 16.8. The van der Waals surface area contributed by atoms with Crippen LogP contribution >= 0.6 is 0 Å². The minimum absolute atomic E-state index is 0.103. The summed E-state index contributed by atoms with van der Waals surface area (Å²) in [6.45, 7) is -4.11. The normalized spacial score (nSPS) is 47.2. The van der Waals surface area contributed by atoms with E-state index >= 15 is 0 Å². The summed E-state index contributed by atoms with van der Waals surface area (Å²) in [7, 11) is 0. The topological polar surface area (TPSA) is 435 Å². The van der Waals surface area contributed by atoms with Gasteiger partial charge in [-0.2, -0.15) is 0 Å². The van der Waals surface area contributed by atoms with Gasteiger partial charge in [0, 0.05) is 0 Å². The Morgan fingerprint density at radius 1 is 0.464 bits per heavy atom. The second kappa shape index (κ2) is 20.8. The summed E-state index contributed by atoms with van der Waals surface area (Å²) in [6, 6.07) is 0. The highest BCUT2D eigenvalue weighted by Crippen LogP contribution is 2.30. The van der Waals surface area contributed by atoms with Gasteiger partial charge in [0.1, 0.15) is 122 Å². The Labute approximate surface area is 316 Å². The molecule has 0 aromatic rings. The summed E-state index contributed by atoms with van der Waals surface area (Å²) < 4.78 is 43.1. The fourth-order valence-electron chi connectivity index (χ4n) is 6.25. The molecule has 26 heteroatoms. The number of hydrogen-bond acceptors (Lipinski definition) is 26. The number of aliphatic hydroxyl groups is 17.